The highest BCUT2D eigenvalue weighted by Crippen LogP contribution is 2.29. The Hall–Kier alpha value is -1.75. The first-order chi connectivity index (χ1) is 12.7. The molecule has 0 unspecified atom stereocenters. The Morgan fingerprint density at radius 1 is 1.04 bits per heavy atom. The van der Waals surface area contributed by atoms with Crippen LogP contribution in [0.15, 0.2) is 42.5 Å². The second-order valence-corrected chi connectivity index (χ2v) is 6.87. The molecule has 0 spiro atoms. The molecule has 1 aliphatic rings. The van der Waals surface area contributed by atoms with E-state index in [1.165, 1.54) is 12.8 Å². The summed E-state index contributed by atoms with van der Waals surface area (Å²) in [6.07, 6.45) is 3.28. The van der Waals surface area contributed by atoms with Crippen molar-refractivity contribution in [2.75, 3.05) is 20.3 Å². The third-order valence-electron chi connectivity index (χ3n) is 4.80. The van der Waals surface area contributed by atoms with Gasteiger partial charge in [-0.2, -0.15) is 0 Å². The lowest BCUT2D eigenvalue weighted by Crippen LogP contribution is -2.27. The van der Waals surface area contributed by atoms with Gasteiger partial charge in [-0.25, -0.2) is 4.39 Å². The van der Waals surface area contributed by atoms with Gasteiger partial charge in [0.1, 0.15) is 5.82 Å². The van der Waals surface area contributed by atoms with Crippen molar-refractivity contribution in [3.8, 4) is 11.1 Å². The summed E-state index contributed by atoms with van der Waals surface area (Å²) in [4.78, 5) is 0. The molecule has 0 radical (unpaired) electrons. The normalized spacial score (nSPS) is 20.3. The third kappa shape index (κ3) is 4.70. The van der Waals surface area contributed by atoms with Crippen molar-refractivity contribution in [1.82, 2.24) is 0 Å². The molecule has 2 aromatic rings. The lowest BCUT2D eigenvalue weighted by molar-refractivity contribution is -0.206. The van der Waals surface area contributed by atoms with Crippen LogP contribution in [0.1, 0.15) is 43.6 Å². The standard InChI is InChI=1S/C22H27FO3/c1-3-4-5-16-13-25-22(26-14-16)18-8-6-17(7-9-18)19-10-11-20(15-24-2)21(23)12-19/h6-12,16,22H,3-5,13-15H2,1-2H3/t16-,22-. The number of hydrogen-bond acceptors (Lipinski definition) is 3. The SMILES string of the molecule is CCCC[C@H]1CO[C@H](c2ccc(-c3ccc(COC)c(F)c3)cc2)OC1. The van der Waals surface area contributed by atoms with Gasteiger partial charge in [-0.1, -0.05) is 56.2 Å². The number of unbranched alkanes of at least 4 members (excludes halogenated alkanes) is 1. The van der Waals surface area contributed by atoms with Gasteiger partial charge < -0.3 is 14.2 Å². The molecule has 0 aromatic heterocycles. The topological polar surface area (TPSA) is 27.7 Å². The molecule has 0 atom stereocenters. The molecule has 0 bridgehead atoms. The van der Waals surface area contributed by atoms with E-state index >= 15 is 0 Å². The molecule has 0 aliphatic carbocycles. The van der Waals surface area contributed by atoms with Crippen LogP contribution in [0.25, 0.3) is 11.1 Å². The molecule has 0 N–H and O–H groups in total. The van der Waals surface area contributed by atoms with E-state index in [1.54, 1.807) is 19.2 Å². The van der Waals surface area contributed by atoms with Gasteiger partial charge >= 0.3 is 0 Å². The smallest absolute Gasteiger partial charge is 0.183 e. The first kappa shape index (κ1) is 19.0. The van der Waals surface area contributed by atoms with Gasteiger partial charge in [0, 0.05) is 24.2 Å². The molecule has 3 rings (SSSR count). The summed E-state index contributed by atoms with van der Waals surface area (Å²) >= 11 is 0. The number of benzene rings is 2. The Morgan fingerprint density at radius 3 is 2.35 bits per heavy atom. The number of hydrogen-bond donors (Lipinski definition) is 0. The van der Waals surface area contributed by atoms with Gasteiger partial charge in [-0.15, -0.1) is 0 Å². The maximum Gasteiger partial charge on any atom is 0.183 e. The van der Waals surface area contributed by atoms with Crippen LogP contribution in [0.5, 0.6) is 0 Å². The number of halogens is 1. The van der Waals surface area contributed by atoms with Crippen molar-refractivity contribution < 1.29 is 18.6 Å². The molecule has 1 fully saturated rings. The largest absolute Gasteiger partial charge is 0.380 e. The van der Waals surface area contributed by atoms with Gasteiger partial charge in [0.2, 0.25) is 0 Å². The van der Waals surface area contributed by atoms with Crippen LogP contribution < -0.4 is 0 Å². The number of methoxy groups -OCH3 is 1. The van der Waals surface area contributed by atoms with Crippen LogP contribution in [0.3, 0.4) is 0 Å². The van der Waals surface area contributed by atoms with E-state index < -0.39 is 0 Å². The Bertz CT molecular complexity index is 691. The van der Waals surface area contributed by atoms with Gasteiger partial charge in [0.15, 0.2) is 6.29 Å². The average molecular weight is 358 g/mol. The summed E-state index contributed by atoms with van der Waals surface area (Å²) in [5.74, 6) is 0.254. The van der Waals surface area contributed by atoms with Gasteiger partial charge in [-0.3, -0.25) is 0 Å². The lowest BCUT2D eigenvalue weighted by atomic mass is 10.0. The Balaban J connectivity index is 1.63. The summed E-state index contributed by atoms with van der Waals surface area (Å²) in [6, 6.07) is 13.2. The van der Waals surface area contributed by atoms with Crippen LogP contribution in [0, 0.1) is 11.7 Å². The van der Waals surface area contributed by atoms with Crippen molar-refractivity contribution >= 4 is 0 Å². The Kier molecular flexibility index (Phi) is 6.78. The highest BCUT2D eigenvalue weighted by atomic mass is 19.1. The van der Waals surface area contributed by atoms with Gasteiger partial charge in [0.05, 0.1) is 19.8 Å². The molecule has 1 aliphatic heterocycles. The molecular weight excluding hydrogens is 331 g/mol. The lowest BCUT2D eigenvalue weighted by Gasteiger charge is -2.29. The van der Waals surface area contributed by atoms with E-state index in [4.69, 9.17) is 14.2 Å². The predicted octanol–water partition coefficient (Wildman–Crippen LogP) is 5.49. The van der Waals surface area contributed by atoms with E-state index in [-0.39, 0.29) is 18.7 Å². The minimum Gasteiger partial charge on any atom is -0.380 e. The predicted molar refractivity (Wildman–Crippen MR) is 100 cm³/mol. The summed E-state index contributed by atoms with van der Waals surface area (Å²) in [7, 11) is 1.56. The summed E-state index contributed by atoms with van der Waals surface area (Å²) < 4.78 is 30.9. The first-order valence-electron chi connectivity index (χ1n) is 9.32. The number of ether oxygens (including phenoxy) is 3. The second kappa shape index (κ2) is 9.26. The average Bonchev–Trinajstić information content (AvgIpc) is 2.69. The maximum absolute atomic E-state index is 14.1. The summed E-state index contributed by atoms with van der Waals surface area (Å²) in [5, 5.41) is 0. The van der Waals surface area contributed by atoms with E-state index in [1.807, 2.05) is 30.3 Å². The van der Waals surface area contributed by atoms with Crippen LogP contribution >= 0.6 is 0 Å². The zero-order valence-corrected chi connectivity index (χ0v) is 15.5. The van der Waals surface area contributed by atoms with Crippen molar-refractivity contribution in [3.63, 3.8) is 0 Å². The summed E-state index contributed by atoms with van der Waals surface area (Å²) in [6.45, 7) is 3.98. The second-order valence-electron chi connectivity index (χ2n) is 6.87. The zero-order chi connectivity index (χ0) is 18.4. The quantitative estimate of drug-likeness (QED) is 0.655. The molecule has 0 saturated carbocycles. The molecule has 1 saturated heterocycles. The highest BCUT2D eigenvalue weighted by molar-refractivity contribution is 5.64. The van der Waals surface area contributed by atoms with Crippen molar-refractivity contribution in [3.05, 3.63) is 59.4 Å². The van der Waals surface area contributed by atoms with Crippen LogP contribution in [-0.4, -0.2) is 20.3 Å². The molecule has 0 amide bonds. The Labute approximate surface area is 155 Å². The van der Waals surface area contributed by atoms with Crippen molar-refractivity contribution in [1.29, 1.82) is 0 Å². The van der Waals surface area contributed by atoms with E-state index in [0.29, 0.717) is 11.5 Å². The molecule has 140 valence electrons. The minimum absolute atomic E-state index is 0.245. The molecule has 26 heavy (non-hydrogen) atoms. The third-order valence-corrected chi connectivity index (χ3v) is 4.80. The highest BCUT2D eigenvalue weighted by Gasteiger charge is 2.23. The first-order valence-corrected chi connectivity index (χ1v) is 9.32. The molecule has 3 nitrogen and oxygen atoms in total. The van der Waals surface area contributed by atoms with E-state index in [0.717, 1.165) is 36.3 Å². The van der Waals surface area contributed by atoms with Crippen molar-refractivity contribution in [2.24, 2.45) is 5.92 Å². The van der Waals surface area contributed by atoms with Gasteiger partial charge in [-0.05, 0) is 23.6 Å². The van der Waals surface area contributed by atoms with Gasteiger partial charge in [0.25, 0.3) is 0 Å². The van der Waals surface area contributed by atoms with Crippen LogP contribution in [0.4, 0.5) is 4.39 Å². The van der Waals surface area contributed by atoms with Crippen molar-refractivity contribution in [2.45, 2.75) is 39.1 Å². The Morgan fingerprint density at radius 2 is 1.73 bits per heavy atom. The molecular formula is C22H27FO3. The minimum atomic E-state index is -0.303. The molecule has 2 aromatic carbocycles. The van der Waals surface area contributed by atoms with E-state index in [2.05, 4.69) is 6.92 Å². The fraction of sp³-hybridized carbons (Fsp3) is 0.455. The van der Waals surface area contributed by atoms with E-state index in [9.17, 15) is 4.39 Å². The molecule has 4 heteroatoms. The maximum atomic E-state index is 14.1. The molecule has 1 heterocycles. The summed E-state index contributed by atoms with van der Waals surface area (Å²) in [5.41, 5.74) is 3.38. The zero-order valence-electron chi connectivity index (χ0n) is 15.5. The fourth-order valence-electron chi connectivity index (χ4n) is 3.23. The van der Waals surface area contributed by atoms with Crippen LogP contribution in [-0.2, 0) is 20.8 Å². The van der Waals surface area contributed by atoms with Crippen LogP contribution in [0.2, 0.25) is 0 Å². The number of rotatable bonds is 7. The monoisotopic (exact) mass is 358 g/mol. The fourth-order valence-corrected chi connectivity index (χ4v) is 3.23.